The second-order valence-corrected chi connectivity index (χ2v) is 16.2. The number of fused-ring (bicyclic) bond motifs is 1. The largest absolute Gasteiger partial charge is 0.475 e. The highest BCUT2D eigenvalue weighted by atomic mass is 31.2. The topological polar surface area (TPSA) is 270 Å². The summed E-state index contributed by atoms with van der Waals surface area (Å²) in [5, 5.41) is 22.4. The summed E-state index contributed by atoms with van der Waals surface area (Å²) in [6, 6.07) is 27.2. The summed E-state index contributed by atoms with van der Waals surface area (Å²) < 4.78 is 59.1. The van der Waals surface area contributed by atoms with E-state index in [9.17, 15) is 34.1 Å². The predicted octanol–water partition coefficient (Wildman–Crippen LogP) is 4.15. The fourth-order valence-corrected chi connectivity index (χ4v) is 8.82. The van der Waals surface area contributed by atoms with Gasteiger partial charge in [0.05, 0.1) is 49.8 Å². The number of nitrogens with one attached hydrogen (secondary N) is 2. The van der Waals surface area contributed by atoms with E-state index in [1.54, 1.807) is 91.0 Å². The first kappa shape index (κ1) is 44.9. The van der Waals surface area contributed by atoms with Gasteiger partial charge in [0.1, 0.15) is 37.0 Å². The second kappa shape index (κ2) is 20.0. The number of hydrogen-bond donors (Lipinski definition) is 3. The molecule has 22 heteroatoms. The Bertz CT molecular complexity index is 2840. The normalized spacial score (nSPS) is 22.6. The van der Waals surface area contributed by atoms with E-state index in [4.69, 9.17) is 32.5 Å². The Hall–Kier alpha value is -6.73. The van der Waals surface area contributed by atoms with E-state index in [0.717, 1.165) is 4.57 Å². The van der Waals surface area contributed by atoms with E-state index in [0.29, 0.717) is 11.1 Å². The monoisotopic (exact) mass is 908 g/mol. The number of carbonyl (C=O) groups is 2. The van der Waals surface area contributed by atoms with Crippen molar-refractivity contribution in [2.45, 2.75) is 55.8 Å². The molecule has 2 aliphatic heterocycles. The van der Waals surface area contributed by atoms with Crippen LogP contribution in [0.25, 0.3) is 22.3 Å². The first-order valence-corrected chi connectivity index (χ1v) is 21.7. The molecule has 0 radical (unpaired) electrons. The minimum Gasteiger partial charge on any atom is -0.453 e. The van der Waals surface area contributed by atoms with Crippen LogP contribution in [0.4, 0.5) is 5.82 Å². The molecule has 2 fully saturated rings. The molecule has 21 nitrogen and oxygen atoms in total. The molecular formula is C43H41N8O13P. The third-order valence-corrected chi connectivity index (χ3v) is 12.1. The Kier molecular flexibility index (Phi) is 13.8. The number of benzene rings is 3. The first-order chi connectivity index (χ1) is 31.6. The molecule has 8 atom stereocenters. The van der Waals surface area contributed by atoms with Crippen LogP contribution in [0.5, 0.6) is 0 Å². The molecule has 65 heavy (non-hydrogen) atoms. The Labute approximate surface area is 369 Å². The van der Waals surface area contributed by atoms with E-state index < -0.39 is 93.7 Å². The number of esters is 1. The molecule has 3 N–H and O–H groups in total. The lowest BCUT2D eigenvalue weighted by atomic mass is 10.1. The number of phosphoric ester groups is 1. The zero-order valence-electron chi connectivity index (χ0n) is 34.4. The molecule has 5 heterocycles. The van der Waals surface area contributed by atoms with Gasteiger partial charge in [0.15, 0.2) is 29.3 Å². The summed E-state index contributed by atoms with van der Waals surface area (Å²) in [5.74, 6) is -1.07. The molecule has 0 spiro atoms. The number of imidazole rings is 1. The number of carbonyl (C=O) groups excluding carboxylic acids is 2. The molecule has 3 aromatic carbocycles. The summed E-state index contributed by atoms with van der Waals surface area (Å²) in [4.78, 5) is 67.8. The molecule has 0 saturated carbocycles. The highest BCUT2D eigenvalue weighted by Crippen LogP contribution is 2.54. The number of H-pyrrole nitrogens is 1. The van der Waals surface area contributed by atoms with E-state index in [1.807, 2.05) is 6.07 Å². The van der Waals surface area contributed by atoms with Gasteiger partial charge in [-0.2, -0.15) is 5.26 Å². The average Bonchev–Trinajstić information content (AvgIpc) is 4.04. The lowest BCUT2D eigenvalue weighted by Gasteiger charge is -2.26. The van der Waals surface area contributed by atoms with Crippen molar-refractivity contribution in [2.24, 2.45) is 0 Å². The van der Waals surface area contributed by atoms with Gasteiger partial charge in [0.25, 0.3) is 11.5 Å². The molecule has 6 aromatic rings. The molecular weight excluding hydrogens is 867 g/mol. The van der Waals surface area contributed by atoms with Gasteiger partial charge in [-0.1, -0.05) is 66.7 Å². The lowest BCUT2D eigenvalue weighted by Crippen LogP contribution is -2.39. The number of ether oxygens (including phenoxy) is 4. The van der Waals surface area contributed by atoms with Crippen LogP contribution in [0.1, 0.15) is 46.0 Å². The zero-order chi connectivity index (χ0) is 45.5. The van der Waals surface area contributed by atoms with Crippen molar-refractivity contribution in [3.63, 3.8) is 0 Å². The lowest BCUT2D eigenvalue weighted by molar-refractivity contribution is -0.0647. The molecule has 2 saturated heterocycles. The van der Waals surface area contributed by atoms with E-state index >= 15 is 0 Å². The number of aliphatic hydroxyl groups excluding tert-OH is 1. The first-order valence-electron chi connectivity index (χ1n) is 20.2. The third kappa shape index (κ3) is 9.85. The van der Waals surface area contributed by atoms with Gasteiger partial charge in [-0.05, 0) is 29.8 Å². The van der Waals surface area contributed by atoms with Crippen molar-refractivity contribution in [2.75, 3.05) is 32.2 Å². The van der Waals surface area contributed by atoms with Gasteiger partial charge in [0, 0.05) is 25.3 Å². The van der Waals surface area contributed by atoms with Gasteiger partial charge < -0.3 is 29.4 Å². The van der Waals surface area contributed by atoms with E-state index in [2.05, 4.69) is 25.3 Å². The molecule has 8 rings (SSSR count). The van der Waals surface area contributed by atoms with Crippen molar-refractivity contribution in [1.29, 1.82) is 5.26 Å². The smallest absolute Gasteiger partial charge is 0.453 e. The number of nitriles is 1. The number of phosphoric acid groups is 1. The minimum atomic E-state index is -4.74. The summed E-state index contributed by atoms with van der Waals surface area (Å²) in [7, 11) is -3.37. The van der Waals surface area contributed by atoms with Crippen molar-refractivity contribution in [3.05, 3.63) is 142 Å². The number of hydrogen-bond acceptors (Lipinski definition) is 17. The van der Waals surface area contributed by atoms with Gasteiger partial charge in [-0.15, -0.1) is 0 Å². The van der Waals surface area contributed by atoms with Gasteiger partial charge >= 0.3 is 19.5 Å². The van der Waals surface area contributed by atoms with Crippen LogP contribution in [0.2, 0.25) is 0 Å². The van der Waals surface area contributed by atoms with Gasteiger partial charge in [-0.3, -0.25) is 37.3 Å². The number of rotatable bonds is 17. The Morgan fingerprint density at radius 3 is 2.32 bits per heavy atom. The predicted molar refractivity (Wildman–Crippen MR) is 227 cm³/mol. The molecule has 0 aliphatic carbocycles. The molecule has 336 valence electrons. The fraction of sp³-hybridized carbons (Fsp3) is 0.302. The highest BCUT2D eigenvalue weighted by Gasteiger charge is 2.51. The minimum absolute atomic E-state index is 0.107. The Balaban J connectivity index is 1.06. The molecule has 5 unspecified atom stereocenters. The number of methoxy groups -OCH3 is 1. The second-order valence-electron chi connectivity index (χ2n) is 14.6. The van der Waals surface area contributed by atoms with Crippen LogP contribution in [0, 0.1) is 11.3 Å². The summed E-state index contributed by atoms with van der Waals surface area (Å²) in [6.45, 7) is -1.67. The van der Waals surface area contributed by atoms with Crippen molar-refractivity contribution in [1.82, 2.24) is 29.1 Å². The molecule has 0 bridgehead atoms. The zero-order valence-corrected chi connectivity index (χ0v) is 35.3. The molecule has 3 aromatic heterocycles. The number of aliphatic hydroxyl groups is 1. The Morgan fingerprint density at radius 1 is 0.923 bits per heavy atom. The summed E-state index contributed by atoms with van der Waals surface area (Å²) >= 11 is 0. The number of amides is 1. The third-order valence-electron chi connectivity index (χ3n) is 10.6. The maximum atomic E-state index is 14.6. The average molecular weight is 909 g/mol. The summed E-state index contributed by atoms with van der Waals surface area (Å²) in [6.07, 6.45) is -4.66. The molecule has 1 amide bonds. The van der Waals surface area contributed by atoms with E-state index in [-0.39, 0.29) is 41.0 Å². The van der Waals surface area contributed by atoms with E-state index in [1.165, 1.54) is 30.5 Å². The maximum Gasteiger partial charge on any atom is 0.475 e. The number of anilines is 1. The van der Waals surface area contributed by atoms with Crippen LogP contribution in [-0.2, 0) is 37.1 Å². The van der Waals surface area contributed by atoms with Crippen LogP contribution in [-0.4, -0.2) is 104 Å². The van der Waals surface area contributed by atoms with Crippen molar-refractivity contribution in [3.8, 4) is 17.2 Å². The SMILES string of the molecule is CO[C@H]1C(OC(=O)c2ccccc2)C(COP(=O)(OCCC#N)OC2CC(n3cc(-c4ccccc4)c(=O)[nH]c3=O)O[C@@H]2CO)O[C@H]1n1cnc2c(NC(=O)c3ccccc3)ncnc21. The van der Waals surface area contributed by atoms with Crippen LogP contribution < -0.4 is 16.6 Å². The molecule has 2 aliphatic rings. The van der Waals surface area contributed by atoms with Crippen molar-refractivity contribution >= 4 is 36.7 Å². The van der Waals surface area contributed by atoms with Gasteiger partial charge in [-0.25, -0.2) is 29.1 Å². The van der Waals surface area contributed by atoms with Crippen LogP contribution >= 0.6 is 7.82 Å². The number of nitrogens with zero attached hydrogens (tertiary/aromatic N) is 6. The quantitative estimate of drug-likeness (QED) is 0.0659. The van der Waals surface area contributed by atoms with Gasteiger partial charge in [0.2, 0.25) is 0 Å². The maximum absolute atomic E-state index is 14.6. The highest BCUT2D eigenvalue weighted by molar-refractivity contribution is 7.48. The van der Waals surface area contributed by atoms with Crippen LogP contribution in [0.15, 0.2) is 119 Å². The van der Waals surface area contributed by atoms with Crippen molar-refractivity contribution < 1.29 is 51.8 Å². The number of aromatic nitrogens is 6. The number of aromatic amines is 1. The standard InChI is InChI=1S/C43H41N8O13P/c1-58-36-35(63-42(55)28-16-9-4-10-17-28)32(62-41(36)51-25-47-34-37(45-24-46-38(34)51)48-39(53)27-14-7-3-8-15-27)23-60-65(57,59-19-11-18-44)64-30-20-33(61-31(30)22-52)50-21-29(40(54)49-43(50)56)26-12-5-2-6-13-26/h2-10,12-17,21,24-25,30-33,35-36,41,52H,11,19-20,22-23H2,1H3,(H,49,54,56)(H,45,46,48,53)/t30?,31-,32?,33?,35?,36+,41-,65?/m1/s1. The van der Waals surface area contributed by atoms with Crippen LogP contribution in [0.3, 0.4) is 0 Å². The summed E-state index contributed by atoms with van der Waals surface area (Å²) in [5.41, 5.74) is 0.278. The fourth-order valence-electron chi connectivity index (χ4n) is 7.42. The Morgan fingerprint density at radius 2 is 1.63 bits per heavy atom.